The summed E-state index contributed by atoms with van der Waals surface area (Å²) < 4.78 is 27.2. The van der Waals surface area contributed by atoms with Gasteiger partial charge in [-0.3, -0.25) is 0 Å². The smallest absolute Gasteiger partial charge is 0.244 e. The zero-order valence-corrected chi connectivity index (χ0v) is 15.1. The first-order valence-corrected chi connectivity index (χ1v) is 9.48. The zero-order valence-electron chi connectivity index (χ0n) is 11.8. The van der Waals surface area contributed by atoms with E-state index in [-0.39, 0.29) is 0 Å². The fraction of sp³-hybridized carbons (Fsp3) is 0.286. The Balaban J connectivity index is 2.26. The first kappa shape index (κ1) is 16.6. The molecule has 1 aromatic carbocycles. The summed E-state index contributed by atoms with van der Waals surface area (Å²) in [7, 11) is -0.0500. The number of nitrogens with one attached hydrogen (secondary N) is 1. The van der Waals surface area contributed by atoms with Crippen molar-refractivity contribution in [2.75, 3.05) is 14.1 Å². The van der Waals surface area contributed by atoms with E-state index in [0.29, 0.717) is 22.5 Å². The number of hydrogen-bond donors (Lipinski definition) is 1. The number of hydrogen-bond acceptors (Lipinski definition) is 4. The highest BCUT2D eigenvalue weighted by Gasteiger charge is 2.23. The van der Waals surface area contributed by atoms with Crippen molar-refractivity contribution in [3.63, 3.8) is 0 Å². The number of thiophene rings is 1. The maximum absolute atomic E-state index is 12.6. The lowest BCUT2D eigenvalue weighted by molar-refractivity contribution is 0.469. The number of halogens is 1. The Bertz CT molecular complexity index is 700. The molecule has 0 unspecified atom stereocenters. The largest absolute Gasteiger partial charge is 0.316 e. The molecule has 0 radical (unpaired) electrons. The quantitative estimate of drug-likeness (QED) is 0.826. The molecule has 21 heavy (non-hydrogen) atoms. The van der Waals surface area contributed by atoms with Crippen molar-refractivity contribution < 1.29 is 8.42 Å². The number of sulfonamides is 1. The van der Waals surface area contributed by atoms with Gasteiger partial charge in [-0.2, -0.15) is 4.31 Å². The third-order valence-corrected chi connectivity index (χ3v) is 6.67. The molecule has 0 amide bonds. The summed E-state index contributed by atoms with van der Waals surface area (Å²) in [6, 6.07) is 9.16. The number of rotatable bonds is 6. The maximum Gasteiger partial charge on any atom is 0.244 e. The molecule has 0 aliphatic rings. The summed E-state index contributed by atoms with van der Waals surface area (Å²) >= 11 is 4.92. The van der Waals surface area contributed by atoms with Crippen LogP contribution in [0.4, 0.5) is 0 Å². The van der Waals surface area contributed by atoms with Gasteiger partial charge in [-0.05, 0) is 52.1 Å². The van der Waals surface area contributed by atoms with Gasteiger partial charge < -0.3 is 5.32 Å². The molecule has 0 fully saturated rings. The molecule has 0 aliphatic carbocycles. The lowest BCUT2D eigenvalue weighted by Crippen LogP contribution is -2.26. The van der Waals surface area contributed by atoms with E-state index in [4.69, 9.17) is 0 Å². The Kier molecular flexibility index (Phi) is 5.56. The van der Waals surface area contributed by atoms with Crippen LogP contribution < -0.4 is 5.32 Å². The fourth-order valence-electron chi connectivity index (χ4n) is 1.94. The molecule has 1 N–H and O–H groups in total. The Morgan fingerprint density at radius 3 is 2.67 bits per heavy atom. The third-order valence-electron chi connectivity index (χ3n) is 3.02. The van der Waals surface area contributed by atoms with Gasteiger partial charge in [0.05, 0.1) is 4.90 Å². The van der Waals surface area contributed by atoms with Crippen molar-refractivity contribution in [1.82, 2.24) is 9.62 Å². The van der Waals surface area contributed by atoms with Crippen molar-refractivity contribution in [2.24, 2.45) is 0 Å². The van der Waals surface area contributed by atoms with Crippen molar-refractivity contribution in [3.05, 3.63) is 50.6 Å². The minimum absolute atomic E-state index is 0.293. The average Bonchev–Trinajstić information content (AvgIpc) is 2.91. The summed E-state index contributed by atoms with van der Waals surface area (Å²) in [5, 5.41) is 4.99. The molecule has 0 atom stereocenters. The molecule has 4 nitrogen and oxygen atoms in total. The van der Waals surface area contributed by atoms with Crippen molar-refractivity contribution in [2.45, 2.75) is 18.0 Å². The Labute approximate surface area is 138 Å². The molecule has 1 aromatic heterocycles. The monoisotopic (exact) mass is 388 g/mol. The standard InChI is InChI=1S/C14H17BrN2O2S2/c1-16-9-11-5-6-14(13(15)8-11)21(18,19)17(2)10-12-4-3-7-20-12/h3-8,16H,9-10H2,1-2H3. The van der Waals surface area contributed by atoms with Crippen LogP contribution in [0.2, 0.25) is 0 Å². The summed E-state index contributed by atoms with van der Waals surface area (Å²) in [4.78, 5) is 1.31. The van der Waals surface area contributed by atoms with E-state index in [0.717, 1.165) is 10.4 Å². The van der Waals surface area contributed by atoms with E-state index < -0.39 is 10.0 Å². The van der Waals surface area contributed by atoms with Gasteiger partial charge in [0.15, 0.2) is 0 Å². The molecule has 2 aromatic rings. The molecule has 0 saturated carbocycles. The minimum Gasteiger partial charge on any atom is -0.316 e. The summed E-state index contributed by atoms with van der Waals surface area (Å²) in [6.07, 6.45) is 0. The normalized spacial score (nSPS) is 12.0. The first-order valence-electron chi connectivity index (χ1n) is 6.37. The summed E-state index contributed by atoms with van der Waals surface area (Å²) in [5.74, 6) is 0. The van der Waals surface area contributed by atoms with Gasteiger partial charge in [0, 0.05) is 29.5 Å². The fourth-order valence-corrected chi connectivity index (χ4v) is 5.01. The van der Waals surface area contributed by atoms with E-state index in [1.165, 1.54) is 4.31 Å². The van der Waals surface area contributed by atoms with E-state index >= 15 is 0 Å². The lowest BCUT2D eigenvalue weighted by Gasteiger charge is -2.17. The highest BCUT2D eigenvalue weighted by atomic mass is 79.9. The molecule has 0 saturated heterocycles. The van der Waals surface area contributed by atoms with Gasteiger partial charge >= 0.3 is 0 Å². The molecular weight excluding hydrogens is 372 g/mol. The number of nitrogens with zero attached hydrogens (tertiary/aromatic N) is 1. The molecule has 1 heterocycles. The summed E-state index contributed by atoms with van der Waals surface area (Å²) in [6.45, 7) is 1.08. The molecule has 0 spiro atoms. The maximum atomic E-state index is 12.6. The Hall–Kier alpha value is -0.730. The van der Waals surface area contributed by atoms with E-state index in [2.05, 4.69) is 21.2 Å². The minimum atomic E-state index is -3.50. The van der Waals surface area contributed by atoms with Gasteiger partial charge in [-0.25, -0.2) is 8.42 Å². The summed E-state index contributed by atoms with van der Waals surface area (Å²) in [5.41, 5.74) is 1.03. The van der Waals surface area contributed by atoms with Gasteiger partial charge in [0.2, 0.25) is 10.0 Å². The second-order valence-electron chi connectivity index (χ2n) is 4.64. The molecule has 0 bridgehead atoms. The van der Waals surface area contributed by atoms with Crippen LogP contribution >= 0.6 is 27.3 Å². The van der Waals surface area contributed by atoms with Crippen LogP contribution in [0.1, 0.15) is 10.4 Å². The molecule has 114 valence electrons. The predicted molar refractivity (Wildman–Crippen MR) is 89.9 cm³/mol. The van der Waals surface area contributed by atoms with Crippen molar-refractivity contribution in [3.8, 4) is 0 Å². The first-order chi connectivity index (χ1) is 9.95. The van der Waals surface area contributed by atoms with Crippen LogP contribution in [0.15, 0.2) is 45.1 Å². The predicted octanol–water partition coefficient (Wildman–Crippen LogP) is 3.05. The van der Waals surface area contributed by atoms with Crippen molar-refractivity contribution in [1.29, 1.82) is 0 Å². The topological polar surface area (TPSA) is 49.4 Å². The molecule has 7 heteroatoms. The van der Waals surface area contributed by atoms with Crippen molar-refractivity contribution >= 4 is 37.3 Å². The van der Waals surface area contributed by atoms with Crippen LogP contribution in [0.3, 0.4) is 0 Å². The van der Waals surface area contributed by atoms with Crippen LogP contribution in [-0.2, 0) is 23.1 Å². The van der Waals surface area contributed by atoms with Gasteiger partial charge in [0.1, 0.15) is 0 Å². The highest BCUT2D eigenvalue weighted by Crippen LogP contribution is 2.27. The lowest BCUT2D eigenvalue weighted by atomic mass is 10.2. The second kappa shape index (κ2) is 7.02. The number of benzene rings is 1. The second-order valence-corrected chi connectivity index (χ2v) is 8.54. The van der Waals surface area contributed by atoms with Crippen LogP contribution in [0.25, 0.3) is 0 Å². The van der Waals surface area contributed by atoms with Gasteiger partial charge in [-0.1, -0.05) is 12.1 Å². The van der Waals surface area contributed by atoms with E-state index in [1.54, 1.807) is 24.5 Å². The molecular formula is C14H17BrN2O2S2. The molecule has 0 aliphatic heterocycles. The van der Waals surface area contributed by atoms with Gasteiger partial charge in [-0.15, -0.1) is 11.3 Å². The Morgan fingerprint density at radius 2 is 2.10 bits per heavy atom. The van der Waals surface area contributed by atoms with Crippen LogP contribution in [0.5, 0.6) is 0 Å². The van der Waals surface area contributed by atoms with Crippen LogP contribution in [-0.4, -0.2) is 26.8 Å². The van der Waals surface area contributed by atoms with Crippen LogP contribution in [0, 0.1) is 0 Å². The Morgan fingerprint density at radius 1 is 1.33 bits per heavy atom. The van der Waals surface area contributed by atoms with Gasteiger partial charge in [0.25, 0.3) is 0 Å². The molecule has 2 rings (SSSR count). The highest BCUT2D eigenvalue weighted by molar-refractivity contribution is 9.10. The third kappa shape index (κ3) is 3.92. The van der Waals surface area contributed by atoms with E-state index in [1.807, 2.05) is 36.7 Å². The van der Waals surface area contributed by atoms with E-state index in [9.17, 15) is 8.42 Å². The SMILES string of the molecule is CNCc1ccc(S(=O)(=O)N(C)Cc2cccs2)c(Br)c1. The zero-order chi connectivity index (χ0) is 15.5. The average molecular weight is 389 g/mol.